The summed E-state index contributed by atoms with van der Waals surface area (Å²) < 4.78 is 0. The molecule has 0 aliphatic heterocycles. The van der Waals surface area contributed by atoms with E-state index in [1.165, 1.54) is 0 Å². The smallest absolute Gasteiger partial charge is 0.0445 e. The molecule has 0 aromatic heterocycles. The maximum atomic E-state index is 8.48. The molecule has 0 aromatic carbocycles. The topological polar surface area (TPSA) is 20.2 Å². The Balaban J connectivity index is 2.33. The van der Waals surface area contributed by atoms with Gasteiger partial charge in [0.2, 0.25) is 0 Å². The van der Waals surface area contributed by atoms with Gasteiger partial charge in [-0.3, -0.25) is 0 Å². The number of hydrogen-bond acceptors (Lipinski definition) is 1. The zero-order valence-electron chi connectivity index (χ0n) is 4.85. The summed E-state index contributed by atoms with van der Waals surface area (Å²) >= 11 is 0. The van der Waals surface area contributed by atoms with Gasteiger partial charge in [0.05, 0.1) is 0 Å². The second-order valence-corrected chi connectivity index (χ2v) is 2.40. The first-order chi connectivity index (χ1) is 3.83. The van der Waals surface area contributed by atoms with Crippen LogP contribution >= 0.6 is 0 Å². The van der Waals surface area contributed by atoms with Crippen LogP contribution in [0.2, 0.25) is 0 Å². The molecular weight excluding hydrogens is 100 g/mol. The second kappa shape index (κ2) is 1.80. The molecule has 0 saturated heterocycles. The Morgan fingerprint density at radius 2 is 2.25 bits per heavy atom. The van der Waals surface area contributed by atoms with Crippen molar-refractivity contribution in [3.8, 4) is 12.3 Å². The monoisotopic (exact) mass is 110 g/mol. The van der Waals surface area contributed by atoms with Crippen molar-refractivity contribution >= 4 is 0 Å². The van der Waals surface area contributed by atoms with E-state index in [-0.39, 0.29) is 12.0 Å². The first-order valence-electron chi connectivity index (χ1n) is 2.92. The van der Waals surface area contributed by atoms with Gasteiger partial charge in [0.25, 0.3) is 0 Å². The molecule has 0 spiro atoms. The molecular formula is C7H10O. The Labute approximate surface area is 49.7 Å². The second-order valence-electron chi connectivity index (χ2n) is 2.40. The lowest BCUT2D eigenvalue weighted by Gasteiger charge is -2.00. The minimum atomic E-state index is 0.120. The van der Waals surface area contributed by atoms with Crippen molar-refractivity contribution < 1.29 is 5.11 Å². The van der Waals surface area contributed by atoms with Gasteiger partial charge in [0, 0.05) is 12.0 Å². The van der Waals surface area contributed by atoms with E-state index in [0.29, 0.717) is 0 Å². The third kappa shape index (κ3) is 0.850. The van der Waals surface area contributed by atoms with E-state index < -0.39 is 0 Å². The highest BCUT2D eigenvalue weighted by atomic mass is 16.3. The van der Waals surface area contributed by atoms with E-state index in [1.54, 1.807) is 0 Å². The first kappa shape index (κ1) is 5.65. The molecule has 0 heterocycles. The molecule has 1 aliphatic rings. The van der Waals surface area contributed by atoms with E-state index in [2.05, 4.69) is 5.92 Å². The van der Waals surface area contributed by atoms with E-state index in [0.717, 1.165) is 19.3 Å². The molecule has 8 heavy (non-hydrogen) atoms. The van der Waals surface area contributed by atoms with E-state index in [1.807, 2.05) is 0 Å². The fourth-order valence-corrected chi connectivity index (χ4v) is 0.831. The predicted molar refractivity (Wildman–Crippen MR) is 32.2 cm³/mol. The maximum absolute atomic E-state index is 8.48. The van der Waals surface area contributed by atoms with Crippen molar-refractivity contribution in [1.29, 1.82) is 0 Å². The molecule has 0 radical (unpaired) electrons. The van der Waals surface area contributed by atoms with Gasteiger partial charge < -0.3 is 5.11 Å². The van der Waals surface area contributed by atoms with Crippen molar-refractivity contribution in [2.75, 3.05) is 6.61 Å². The summed E-state index contributed by atoms with van der Waals surface area (Å²) in [6.07, 6.45) is 8.22. The SMILES string of the molecule is C#CC1(CCO)CC1. The Kier molecular flexibility index (Phi) is 1.27. The van der Waals surface area contributed by atoms with Crippen LogP contribution in [0, 0.1) is 17.8 Å². The summed E-state index contributed by atoms with van der Waals surface area (Å²) in [5.41, 5.74) is 0.120. The zero-order chi connectivity index (χ0) is 6.04. The fourth-order valence-electron chi connectivity index (χ4n) is 0.831. The van der Waals surface area contributed by atoms with Crippen molar-refractivity contribution in [1.82, 2.24) is 0 Å². The van der Waals surface area contributed by atoms with E-state index in [4.69, 9.17) is 11.5 Å². The summed E-state index contributed by atoms with van der Waals surface area (Å²) in [5, 5.41) is 8.48. The molecule has 0 aromatic rings. The Bertz CT molecular complexity index is 117. The summed E-state index contributed by atoms with van der Waals surface area (Å²) in [7, 11) is 0. The number of terminal acetylenes is 1. The number of rotatable bonds is 2. The van der Waals surface area contributed by atoms with Gasteiger partial charge in [-0.15, -0.1) is 6.42 Å². The van der Waals surface area contributed by atoms with E-state index >= 15 is 0 Å². The zero-order valence-corrected chi connectivity index (χ0v) is 4.85. The molecule has 44 valence electrons. The average molecular weight is 110 g/mol. The number of hydrogen-bond donors (Lipinski definition) is 1. The summed E-state index contributed by atoms with van der Waals surface area (Å²) in [6.45, 7) is 0.240. The Morgan fingerprint density at radius 3 is 2.38 bits per heavy atom. The van der Waals surface area contributed by atoms with Crippen LogP contribution in [0.1, 0.15) is 19.3 Å². The molecule has 0 amide bonds. The van der Waals surface area contributed by atoms with Crippen molar-refractivity contribution in [2.24, 2.45) is 5.41 Å². The fraction of sp³-hybridized carbons (Fsp3) is 0.714. The molecule has 0 atom stereocenters. The molecule has 1 rings (SSSR count). The average Bonchev–Trinajstić information content (AvgIpc) is 2.50. The normalized spacial score (nSPS) is 22.0. The lowest BCUT2D eigenvalue weighted by molar-refractivity contribution is 0.267. The van der Waals surface area contributed by atoms with Crippen molar-refractivity contribution in [3.63, 3.8) is 0 Å². The number of aliphatic hydroxyl groups excluding tert-OH is 1. The third-order valence-electron chi connectivity index (χ3n) is 1.75. The molecule has 1 fully saturated rings. The highest BCUT2D eigenvalue weighted by Crippen LogP contribution is 2.47. The van der Waals surface area contributed by atoms with Crippen LogP contribution in [-0.4, -0.2) is 11.7 Å². The van der Waals surface area contributed by atoms with Crippen LogP contribution in [0.25, 0.3) is 0 Å². The first-order valence-corrected chi connectivity index (χ1v) is 2.92. The van der Waals surface area contributed by atoms with Crippen LogP contribution < -0.4 is 0 Å². The summed E-state index contributed by atoms with van der Waals surface area (Å²) in [4.78, 5) is 0. The quantitative estimate of drug-likeness (QED) is 0.521. The van der Waals surface area contributed by atoms with Gasteiger partial charge in [0.1, 0.15) is 0 Å². The predicted octanol–water partition coefficient (Wildman–Crippen LogP) is 0.782. The lowest BCUT2D eigenvalue weighted by Crippen LogP contribution is -1.98. The minimum absolute atomic E-state index is 0.120. The highest BCUT2D eigenvalue weighted by Gasteiger charge is 2.39. The van der Waals surface area contributed by atoms with Crippen LogP contribution in [0.5, 0.6) is 0 Å². The molecule has 1 nitrogen and oxygen atoms in total. The molecule has 1 heteroatoms. The summed E-state index contributed by atoms with van der Waals surface area (Å²) in [6, 6.07) is 0. The van der Waals surface area contributed by atoms with Crippen molar-refractivity contribution in [2.45, 2.75) is 19.3 Å². The number of aliphatic hydroxyl groups is 1. The Morgan fingerprint density at radius 1 is 1.62 bits per heavy atom. The van der Waals surface area contributed by atoms with Crippen molar-refractivity contribution in [3.05, 3.63) is 0 Å². The van der Waals surface area contributed by atoms with Gasteiger partial charge in [0.15, 0.2) is 0 Å². The van der Waals surface area contributed by atoms with Crippen LogP contribution in [0.4, 0.5) is 0 Å². The van der Waals surface area contributed by atoms with Gasteiger partial charge in [-0.25, -0.2) is 0 Å². The maximum Gasteiger partial charge on any atom is 0.0445 e. The lowest BCUT2D eigenvalue weighted by atomic mass is 10.1. The van der Waals surface area contributed by atoms with Gasteiger partial charge in [-0.2, -0.15) is 0 Å². The van der Waals surface area contributed by atoms with E-state index in [9.17, 15) is 0 Å². The summed E-state index contributed by atoms with van der Waals surface area (Å²) in [5.74, 6) is 2.69. The standard InChI is InChI=1S/C7H10O/c1-2-7(3-4-7)5-6-8/h1,8H,3-6H2. The molecule has 0 unspecified atom stereocenters. The molecule has 1 saturated carbocycles. The van der Waals surface area contributed by atoms with Gasteiger partial charge in [-0.1, -0.05) is 5.92 Å². The molecule has 1 N–H and O–H groups in total. The van der Waals surface area contributed by atoms with Crippen LogP contribution in [0.15, 0.2) is 0 Å². The minimum Gasteiger partial charge on any atom is -0.396 e. The van der Waals surface area contributed by atoms with Gasteiger partial charge in [-0.05, 0) is 19.3 Å². The van der Waals surface area contributed by atoms with Gasteiger partial charge >= 0.3 is 0 Å². The Hall–Kier alpha value is -0.480. The highest BCUT2D eigenvalue weighted by molar-refractivity contribution is 5.14. The third-order valence-corrected chi connectivity index (χ3v) is 1.75. The van der Waals surface area contributed by atoms with Crippen LogP contribution in [-0.2, 0) is 0 Å². The van der Waals surface area contributed by atoms with Crippen LogP contribution in [0.3, 0.4) is 0 Å². The molecule has 0 bridgehead atoms. The largest absolute Gasteiger partial charge is 0.396 e. The molecule has 1 aliphatic carbocycles.